The first-order valence-electron chi connectivity index (χ1n) is 7.61. The summed E-state index contributed by atoms with van der Waals surface area (Å²) >= 11 is 0. The maximum absolute atomic E-state index is 4.82. The van der Waals surface area contributed by atoms with E-state index in [1.165, 1.54) is 19.3 Å². The van der Waals surface area contributed by atoms with Crippen LogP contribution in [0.1, 0.15) is 44.1 Å². The van der Waals surface area contributed by atoms with Crippen LogP contribution < -0.4 is 10.2 Å². The second kappa shape index (κ2) is 5.45. The van der Waals surface area contributed by atoms with E-state index in [1.54, 1.807) is 0 Å². The van der Waals surface area contributed by atoms with Gasteiger partial charge in [-0.3, -0.25) is 0 Å². The third-order valence-electron chi connectivity index (χ3n) is 4.28. The van der Waals surface area contributed by atoms with Crippen molar-refractivity contribution in [2.75, 3.05) is 18.0 Å². The molecule has 1 N–H and O–H groups in total. The van der Waals surface area contributed by atoms with Gasteiger partial charge < -0.3 is 10.2 Å². The van der Waals surface area contributed by atoms with Crippen molar-refractivity contribution in [1.29, 1.82) is 0 Å². The molecule has 0 saturated carbocycles. The van der Waals surface area contributed by atoms with E-state index in [9.17, 15) is 0 Å². The number of nitrogens with one attached hydrogen (secondary N) is 1. The Kier molecular flexibility index (Phi) is 3.69. The lowest BCUT2D eigenvalue weighted by molar-refractivity contribution is 0.567. The summed E-state index contributed by atoms with van der Waals surface area (Å²) in [7, 11) is 0. The highest BCUT2D eigenvalue weighted by atomic mass is 15.3. The van der Waals surface area contributed by atoms with Gasteiger partial charge in [-0.1, -0.05) is 6.92 Å². The summed E-state index contributed by atoms with van der Waals surface area (Å²) < 4.78 is 0. The van der Waals surface area contributed by atoms with E-state index in [1.807, 2.05) is 0 Å². The van der Waals surface area contributed by atoms with Gasteiger partial charge >= 0.3 is 0 Å². The molecular weight excluding hydrogens is 236 g/mol. The molecule has 2 bridgehead atoms. The van der Waals surface area contributed by atoms with Crippen LogP contribution in [-0.4, -0.2) is 35.1 Å². The van der Waals surface area contributed by atoms with Crippen LogP contribution in [0.2, 0.25) is 0 Å². The minimum absolute atomic E-state index is 0.622. The summed E-state index contributed by atoms with van der Waals surface area (Å²) in [4.78, 5) is 11.9. The Morgan fingerprint density at radius 2 is 2.11 bits per heavy atom. The minimum atomic E-state index is 0.622. The predicted octanol–water partition coefficient (Wildman–Crippen LogP) is 2.07. The molecule has 0 spiro atoms. The first-order valence-corrected chi connectivity index (χ1v) is 7.61. The molecule has 4 heteroatoms. The van der Waals surface area contributed by atoms with Gasteiger partial charge in [-0.2, -0.15) is 0 Å². The first-order chi connectivity index (χ1) is 9.28. The Bertz CT molecular complexity index is 432. The molecule has 0 radical (unpaired) electrons. The van der Waals surface area contributed by atoms with Crippen LogP contribution in [0.4, 0.5) is 5.82 Å². The maximum atomic E-state index is 4.82. The smallest absolute Gasteiger partial charge is 0.133 e. The van der Waals surface area contributed by atoms with Gasteiger partial charge in [-0.05, 0) is 39.2 Å². The molecule has 2 fully saturated rings. The lowest BCUT2D eigenvalue weighted by Gasteiger charge is -2.29. The number of nitrogens with zero attached hydrogens (tertiary/aromatic N) is 3. The highest BCUT2D eigenvalue weighted by molar-refractivity contribution is 5.44. The fraction of sp³-hybridized carbons (Fsp3) is 0.733. The van der Waals surface area contributed by atoms with Crippen molar-refractivity contribution in [2.24, 2.45) is 0 Å². The zero-order chi connectivity index (χ0) is 13.2. The third-order valence-corrected chi connectivity index (χ3v) is 4.28. The molecule has 0 unspecified atom stereocenters. The number of hydrogen-bond acceptors (Lipinski definition) is 4. The Morgan fingerprint density at radius 3 is 2.95 bits per heavy atom. The monoisotopic (exact) mass is 260 g/mol. The van der Waals surface area contributed by atoms with Crippen molar-refractivity contribution < 1.29 is 0 Å². The molecule has 3 heterocycles. The highest BCUT2D eigenvalue weighted by Gasteiger charge is 2.35. The summed E-state index contributed by atoms with van der Waals surface area (Å²) in [5, 5.41) is 3.55. The molecule has 0 aliphatic carbocycles. The zero-order valence-corrected chi connectivity index (χ0v) is 12.0. The van der Waals surface area contributed by atoms with Crippen LogP contribution >= 0.6 is 0 Å². The number of fused-ring (bicyclic) bond motifs is 2. The molecule has 2 atom stereocenters. The van der Waals surface area contributed by atoms with Crippen molar-refractivity contribution in [1.82, 2.24) is 15.3 Å². The fourth-order valence-electron chi connectivity index (χ4n) is 3.44. The number of rotatable bonds is 3. The molecule has 2 aliphatic rings. The second-order valence-corrected chi connectivity index (χ2v) is 5.82. The van der Waals surface area contributed by atoms with Crippen LogP contribution in [0.5, 0.6) is 0 Å². The molecule has 1 aromatic rings. The summed E-state index contributed by atoms with van der Waals surface area (Å²) in [5.74, 6) is 2.17. The number of hydrogen-bond donors (Lipinski definition) is 1. The van der Waals surface area contributed by atoms with Gasteiger partial charge in [0.1, 0.15) is 11.6 Å². The van der Waals surface area contributed by atoms with E-state index >= 15 is 0 Å². The Hall–Kier alpha value is -1.16. The van der Waals surface area contributed by atoms with Gasteiger partial charge in [0.25, 0.3) is 0 Å². The standard InChI is InChI=1S/C15H24N4/c1-3-4-14-17-11(2)9-15(18-14)19-12-5-6-13(19)10-16-8-7-12/h9,12-13,16H,3-8,10H2,1-2H3/t12-,13+/m0/s1. The van der Waals surface area contributed by atoms with Gasteiger partial charge in [-0.15, -0.1) is 0 Å². The molecule has 4 nitrogen and oxygen atoms in total. The zero-order valence-electron chi connectivity index (χ0n) is 12.0. The van der Waals surface area contributed by atoms with E-state index in [-0.39, 0.29) is 0 Å². The molecule has 104 valence electrons. The van der Waals surface area contributed by atoms with Gasteiger partial charge in [-0.25, -0.2) is 9.97 Å². The largest absolute Gasteiger partial charge is 0.349 e. The van der Waals surface area contributed by atoms with Gasteiger partial charge in [0.05, 0.1) is 0 Å². The van der Waals surface area contributed by atoms with Crippen LogP contribution in [0.15, 0.2) is 6.07 Å². The molecule has 0 amide bonds. The third kappa shape index (κ3) is 2.59. The van der Waals surface area contributed by atoms with E-state index in [0.717, 1.165) is 43.3 Å². The van der Waals surface area contributed by atoms with Gasteiger partial charge in [0, 0.05) is 36.8 Å². The maximum Gasteiger partial charge on any atom is 0.133 e. The Balaban J connectivity index is 1.92. The van der Waals surface area contributed by atoms with Crippen molar-refractivity contribution in [3.63, 3.8) is 0 Å². The number of aryl methyl sites for hydroxylation is 2. The normalized spacial score (nSPS) is 26.5. The van der Waals surface area contributed by atoms with Crippen molar-refractivity contribution in [3.05, 3.63) is 17.6 Å². The topological polar surface area (TPSA) is 41.1 Å². The second-order valence-electron chi connectivity index (χ2n) is 5.82. The SMILES string of the molecule is CCCc1nc(C)cc(N2[C@@H]3CCNC[C@H]2CC3)n1. The summed E-state index contributed by atoms with van der Waals surface area (Å²) in [6.07, 6.45) is 5.94. The van der Waals surface area contributed by atoms with E-state index < -0.39 is 0 Å². The number of aromatic nitrogens is 2. The van der Waals surface area contributed by atoms with Gasteiger partial charge in [0.15, 0.2) is 0 Å². The molecule has 0 aromatic carbocycles. The summed E-state index contributed by atoms with van der Waals surface area (Å²) in [5.41, 5.74) is 1.10. The molecule has 19 heavy (non-hydrogen) atoms. The molecule has 1 aromatic heterocycles. The van der Waals surface area contributed by atoms with Crippen molar-refractivity contribution in [2.45, 2.75) is 58.0 Å². The molecule has 2 saturated heterocycles. The quantitative estimate of drug-likeness (QED) is 0.903. The average Bonchev–Trinajstić information content (AvgIpc) is 2.62. The average molecular weight is 260 g/mol. The lowest BCUT2D eigenvalue weighted by atomic mass is 10.1. The fourth-order valence-corrected chi connectivity index (χ4v) is 3.44. The Labute approximate surface area is 115 Å². The molecular formula is C15H24N4. The Morgan fingerprint density at radius 1 is 1.26 bits per heavy atom. The molecule has 2 aliphatic heterocycles. The molecule has 3 rings (SSSR count). The van der Waals surface area contributed by atoms with Crippen LogP contribution in [-0.2, 0) is 6.42 Å². The lowest BCUT2D eigenvalue weighted by Crippen LogP contribution is -2.38. The van der Waals surface area contributed by atoms with E-state index in [4.69, 9.17) is 4.98 Å². The van der Waals surface area contributed by atoms with Crippen LogP contribution in [0.25, 0.3) is 0 Å². The summed E-state index contributed by atoms with van der Waals surface area (Å²) in [6, 6.07) is 3.45. The number of anilines is 1. The highest BCUT2D eigenvalue weighted by Crippen LogP contribution is 2.32. The van der Waals surface area contributed by atoms with Crippen LogP contribution in [0, 0.1) is 6.92 Å². The summed E-state index contributed by atoms with van der Waals surface area (Å²) in [6.45, 7) is 6.51. The van der Waals surface area contributed by atoms with Crippen LogP contribution in [0.3, 0.4) is 0 Å². The van der Waals surface area contributed by atoms with E-state index in [2.05, 4.69) is 35.1 Å². The van der Waals surface area contributed by atoms with Crippen molar-refractivity contribution >= 4 is 5.82 Å². The van der Waals surface area contributed by atoms with Gasteiger partial charge in [0.2, 0.25) is 0 Å². The predicted molar refractivity (Wildman–Crippen MR) is 77.5 cm³/mol. The van der Waals surface area contributed by atoms with E-state index in [0.29, 0.717) is 12.1 Å². The first kappa shape index (κ1) is 12.9. The minimum Gasteiger partial charge on any atom is -0.349 e. The van der Waals surface area contributed by atoms with Crippen molar-refractivity contribution in [3.8, 4) is 0 Å².